The molecule has 1 aromatic carbocycles. The highest BCUT2D eigenvalue weighted by Crippen LogP contribution is 2.29. The fourth-order valence-corrected chi connectivity index (χ4v) is 2.76. The molecule has 3 heteroatoms. The fourth-order valence-electron chi connectivity index (χ4n) is 2.28. The molecule has 2 nitrogen and oxygen atoms in total. The van der Waals surface area contributed by atoms with E-state index in [1.807, 2.05) is 0 Å². The summed E-state index contributed by atoms with van der Waals surface area (Å²) in [6, 6.07) is 8.59. The maximum Gasteiger partial charge on any atom is 0.0600 e. The van der Waals surface area contributed by atoms with Crippen molar-refractivity contribution in [3.8, 4) is 0 Å². The largest absolute Gasteiger partial charge is 0.357 e. The van der Waals surface area contributed by atoms with Gasteiger partial charge >= 0.3 is 0 Å². The van der Waals surface area contributed by atoms with Crippen LogP contribution in [-0.4, -0.2) is 18.1 Å². The van der Waals surface area contributed by atoms with Gasteiger partial charge in [0.2, 0.25) is 0 Å². The van der Waals surface area contributed by atoms with E-state index >= 15 is 0 Å². The molecule has 2 heterocycles. The normalized spacial score (nSPS) is 21.3. The van der Waals surface area contributed by atoms with Crippen molar-refractivity contribution in [1.82, 2.24) is 10.3 Å². The number of hydrogen-bond acceptors (Lipinski definition) is 1. The second-order valence-corrected chi connectivity index (χ2v) is 4.97. The lowest BCUT2D eigenvalue weighted by Crippen LogP contribution is -2.07. The van der Waals surface area contributed by atoms with Crippen molar-refractivity contribution >= 4 is 26.8 Å². The zero-order valence-corrected chi connectivity index (χ0v) is 9.97. The molecule has 0 aliphatic carbocycles. The molecule has 0 unspecified atom stereocenters. The average molecular weight is 265 g/mol. The molecule has 15 heavy (non-hydrogen) atoms. The van der Waals surface area contributed by atoms with Gasteiger partial charge in [-0.05, 0) is 41.0 Å². The van der Waals surface area contributed by atoms with Crippen molar-refractivity contribution in [3.05, 3.63) is 34.4 Å². The molecule has 0 saturated carbocycles. The summed E-state index contributed by atoms with van der Waals surface area (Å²) in [6.45, 7) is 2.24. The van der Waals surface area contributed by atoms with Gasteiger partial charge in [-0.2, -0.15) is 0 Å². The first kappa shape index (κ1) is 9.43. The summed E-state index contributed by atoms with van der Waals surface area (Å²) in [4.78, 5) is 3.52. The Balaban J connectivity index is 2.09. The van der Waals surface area contributed by atoms with Crippen LogP contribution in [0.1, 0.15) is 18.0 Å². The van der Waals surface area contributed by atoms with E-state index in [9.17, 15) is 0 Å². The molecule has 2 N–H and O–H groups in total. The molecule has 1 aromatic heterocycles. The van der Waals surface area contributed by atoms with Crippen molar-refractivity contribution in [2.24, 2.45) is 0 Å². The Bertz CT molecular complexity index is 483. The van der Waals surface area contributed by atoms with Gasteiger partial charge in [-0.3, -0.25) is 0 Å². The maximum atomic E-state index is 3.57. The lowest BCUT2D eigenvalue weighted by Gasteiger charge is -2.03. The SMILES string of the molecule is Brc1cccc2cc([C@H]3CCNC3)[nH]c12. The van der Waals surface area contributed by atoms with Crippen LogP contribution in [0.15, 0.2) is 28.7 Å². The van der Waals surface area contributed by atoms with Crippen LogP contribution >= 0.6 is 15.9 Å². The number of hydrogen-bond donors (Lipinski definition) is 2. The molecule has 2 aromatic rings. The standard InChI is InChI=1S/C12H13BrN2/c13-10-3-1-2-8-6-11(15-12(8)10)9-4-5-14-7-9/h1-3,6,9,14-15H,4-5,7H2/t9-/m0/s1. The molecular formula is C12H13BrN2. The van der Waals surface area contributed by atoms with Gasteiger partial charge in [0.05, 0.1) is 5.52 Å². The van der Waals surface area contributed by atoms with E-state index in [0.717, 1.165) is 17.6 Å². The highest BCUT2D eigenvalue weighted by molar-refractivity contribution is 9.10. The first-order chi connectivity index (χ1) is 7.34. The molecule has 1 fully saturated rings. The van der Waals surface area contributed by atoms with Crippen molar-refractivity contribution in [2.45, 2.75) is 12.3 Å². The molecule has 0 amide bonds. The summed E-state index contributed by atoms with van der Waals surface area (Å²) in [5, 5.41) is 4.70. The molecule has 78 valence electrons. The summed E-state index contributed by atoms with van der Waals surface area (Å²) >= 11 is 3.57. The minimum Gasteiger partial charge on any atom is -0.357 e. The van der Waals surface area contributed by atoms with Gasteiger partial charge in [0.1, 0.15) is 0 Å². The van der Waals surface area contributed by atoms with Crippen molar-refractivity contribution < 1.29 is 0 Å². The minimum atomic E-state index is 0.657. The lowest BCUT2D eigenvalue weighted by molar-refractivity contribution is 0.743. The van der Waals surface area contributed by atoms with E-state index < -0.39 is 0 Å². The second kappa shape index (κ2) is 3.65. The Morgan fingerprint density at radius 1 is 1.33 bits per heavy atom. The number of para-hydroxylation sites is 1. The number of nitrogens with one attached hydrogen (secondary N) is 2. The zero-order valence-electron chi connectivity index (χ0n) is 8.39. The number of benzene rings is 1. The van der Waals surface area contributed by atoms with E-state index in [-0.39, 0.29) is 0 Å². The van der Waals surface area contributed by atoms with E-state index in [2.05, 4.69) is 50.5 Å². The third-order valence-corrected chi connectivity index (χ3v) is 3.79. The monoisotopic (exact) mass is 264 g/mol. The van der Waals surface area contributed by atoms with Crippen molar-refractivity contribution in [2.75, 3.05) is 13.1 Å². The van der Waals surface area contributed by atoms with E-state index in [1.54, 1.807) is 0 Å². The number of aromatic nitrogens is 1. The van der Waals surface area contributed by atoms with E-state index in [1.165, 1.54) is 23.0 Å². The van der Waals surface area contributed by atoms with E-state index in [0.29, 0.717) is 5.92 Å². The Kier molecular flexibility index (Phi) is 2.29. The number of rotatable bonds is 1. The highest BCUT2D eigenvalue weighted by atomic mass is 79.9. The first-order valence-corrected chi connectivity index (χ1v) is 6.12. The summed E-state index contributed by atoms with van der Waals surface area (Å²) in [6.07, 6.45) is 1.24. The Hall–Kier alpha value is -0.800. The fraction of sp³-hybridized carbons (Fsp3) is 0.333. The molecule has 0 spiro atoms. The van der Waals surface area contributed by atoms with Crippen molar-refractivity contribution in [3.63, 3.8) is 0 Å². The molecule has 0 bridgehead atoms. The predicted octanol–water partition coefficient (Wildman–Crippen LogP) is 3.01. The molecule has 3 rings (SSSR count). The third-order valence-electron chi connectivity index (χ3n) is 3.13. The maximum absolute atomic E-state index is 3.57. The molecule has 1 atom stereocenters. The van der Waals surface area contributed by atoms with Gasteiger partial charge in [0, 0.05) is 28.0 Å². The van der Waals surface area contributed by atoms with Gasteiger partial charge < -0.3 is 10.3 Å². The number of aromatic amines is 1. The Morgan fingerprint density at radius 2 is 2.27 bits per heavy atom. The van der Waals surface area contributed by atoms with Crippen LogP contribution in [0, 0.1) is 0 Å². The van der Waals surface area contributed by atoms with Gasteiger partial charge in [0.15, 0.2) is 0 Å². The van der Waals surface area contributed by atoms with Crippen molar-refractivity contribution in [1.29, 1.82) is 0 Å². The Labute approximate surface area is 97.2 Å². The van der Waals surface area contributed by atoms with Crippen LogP contribution in [0.25, 0.3) is 10.9 Å². The third kappa shape index (κ3) is 1.60. The molecule has 1 aliphatic heterocycles. The van der Waals surface area contributed by atoms with Crippen LogP contribution < -0.4 is 5.32 Å². The first-order valence-electron chi connectivity index (χ1n) is 5.32. The van der Waals surface area contributed by atoms with Crippen LogP contribution in [0.2, 0.25) is 0 Å². The van der Waals surface area contributed by atoms with Crippen LogP contribution in [0.5, 0.6) is 0 Å². The zero-order chi connectivity index (χ0) is 10.3. The average Bonchev–Trinajstić information content (AvgIpc) is 2.86. The van der Waals surface area contributed by atoms with Crippen LogP contribution in [0.4, 0.5) is 0 Å². The second-order valence-electron chi connectivity index (χ2n) is 4.12. The molecule has 1 aliphatic rings. The number of fused-ring (bicyclic) bond motifs is 1. The van der Waals surface area contributed by atoms with Gasteiger partial charge in [0.25, 0.3) is 0 Å². The summed E-state index contributed by atoms with van der Waals surface area (Å²) in [5.74, 6) is 0.657. The van der Waals surface area contributed by atoms with Gasteiger partial charge in [-0.15, -0.1) is 0 Å². The summed E-state index contributed by atoms with van der Waals surface area (Å²) < 4.78 is 1.15. The smallest absolute Gasteiger partial charge is 0.0600 e. The summed E-state index contributed by atoms with van der Waals surface area (Å²) in [5.41, 5.74) is 2.58. The summed E-state index contributed by atoms with van der Waals surface area (Å²) in [7, 11) is 0. The number of H-pyrrole nitrogens is 1. The van der Waals surface area contributed by atoms with Crippen LogP contribution in [-0.2, 0) is 0 Å². The number of halogens is 1. The van der Waals surface area contributed by atoms with Gasteiger partial charge in [-0.1, -0.05) is 12.1 Å². The lowest BCUT2D eigenvalue weighted by atomic mass is 10.1. The van der Waals surface area contributed by atoms with Gasteiger partial charge in [-0.25, -0.2) is 0 Å². The van der Waals surface area contributed by atoms with E-state index in [4.69, 9.17) is 0 Å². The molecular weight excluding hydrogens is 252 g/mol. The highest BCUT2D eigenvalue weighted by Gasteiger charge is 2.18. The topological polar surface area (TPSA) is 27.8 Å². The molecule has 1 saturated heterocycles. The minimum absolute atomic E-state index is 0.657. The predicted molar refractivity (Wildman–Crippen MR) is 66.2 cm³/mol. The quantitative estimate of drug-likeness (QED) is 0.815. The Morgan fingerprint density at radius 3 is 3.00 bits per heavy atom. The van der Waals surface area contributed by atoms with Crippen LogP contribution in [0.3, 0.4) is 0 Å². The molecule has 0 radical (unpaired) electrons.